The first-order valence-electron chi connectivity index (χ1n) is 8.35. The Morgan fingerprint density at radius 3 is 2.17 bits per heavy atom. The molecule has 1 aliphatic rings. The summed E-state index contributed by atoms with van der Waals surface area (Å²) >= 11 is 0. The largest absolute Gasteiger partial charge is 0.493 e. The maximum absolute atomic E-state index is 9.55. The minimum atomic E-state index is -0.162. The van der Waals surface area contributed by atoms with Crippen LogP contribution in [0.2, 0.25) is 0 Å². The van der Waals surface area contributed by atoms with Gasteiger partial charge in [-0.25, -0.2) is 0 Å². The van der Waals surface area contributed by atoms with Crippen LogP contribution in [0.1, 0.15) is 44.6 Å². The monoisotopic (exact) mass is 324 g/mol. The highest BCUT2D eigenvalue weighted by atomic mass is 16.5. The second-order valence-electron chi connectivity index (χ2n) is 5.92. The first kappa shape index (κ1) is 17.9. The molecule has 0 amide bonds. The standard InChI is InChI=1S/C18H28O5/c1-4-9-22-18-16(20-2)10-13(11-17(18)21-3)12-23-15-7-5-14(19)6-8-15/h10-11,14-15,19H,4-9,12H2,1-3H3. The zero-order valence-electron chi connectivity index (χ0n) is 14.3. The molecule has 0 saturated heterocycles. The zero-order valence-corrected chi connectivity index (χ0v) is 14.3. The number of methoxy groups -OCH3 is 2. The average molecular weight is 324 g/mol. The van der Waals surface area contributed by atoms with Gasteiger partial charge >= 0.3 is 0 Å². The van der Waals surface area contributed by atoms with Crippen molar-refractivity contribution in [2.45, 2.75) is 57.8 Å². The Labute approximate surface area is 138 Å². The summed E-state index contributed by atoms with van der Waals surface area (Å²) in [5.74, 6) is 1.97. The molecule has 0 aromatic heterocycles. The van der Waals surface area contributed by atoms with Crippen molar-refractivity contribution in [3.05, 3.63) is 17.7 Å². The molecular weight excluding hydrogens is 296 g/mol. The topological polar surface area (TPSA) is 57.2 Å². The summed E-state index contributed by atoms with van der Waals surface area (Å²) in [5, 5.41) is 9.55. The molecule has 23 heavy (non-hydrogen) atoms. The molecule has 1 aromatic rings. The van der Waals surface area contributed by atoms with E-state index in [4.69, 9.17) is 18.9 Å². The van der Waals surface area contributed by atoms with E-state index < -0.39 is 0 Å². The van der Waals surface area contributed by atoms with Gasteiger partial charge in [0.15, 0.2) is 11.5 Å². The number of hydrogen-bond acceptors (Lipinski definition) is 5. The molecule has 0 unspecified atom stereocenters. The zero-order chi connectivity index (χ0) is 16.7. The van der Waals surface area contributed by atoms with Crippen LogP contribution in [0.4, 0.5) is 0 Å². The number of benzene rings is 1. The van der Waals surface area contributed by atoms with Crippen LogP contribution in [0.3, 0.4) is 0 Å². The molecule has 0 aliphatic heterocycles. The second kappa shape index (κ2) is 8.99. The number of aliphatic hydroxyl groups excluding tert-OH is 1. The highest BCUT2D eigenvalue weighted by Gasteiger charge is 2.20. The van der Waals surface area contributed by atoms with Crippen LogP contribution in [0, 0.1) is 0 Å². The summed E-state index contributed by atoms with van der Waals surface area (Å²) < 4.78 is 22.6. The van der Waals surface area contributed by atoms with Crippen LogP contribution < -0.4 is 14.2 Å². The molecule has 0 atom stereocenters. The van der Waals surface area contributed by atoms with Gasteiger partial charge in [0.05, 0.1) is 39.6 Å². The second-order valence-corrected chi connectivity index (χ2v) is 5.92. The van der Waals surface area contributed by atoms with E-state index in [1.54, 1.807) is 14.2 Å². The molecule has 1 aromatic carbocycles. The predicted octanol–water partition coefficient (Wildman–Crippen LogP) is 3.31. The maximum Gasteiger partial charge on any atom is 0.203 e. The van der Waals surface area contributed by atoms with Crippen LogP contribution in [0.5, 0.6) is 17.2 Å². The Bertz CT molecular complexity index is 455. The van der Waals surface area contributed by atoms with Gasteiger partial charge in [-0.2, -0.15) is 0 Å². The van der Waals surface area contributed by atoms with Gasteiger partial charge in [-0.1, -0.05) is 6.92 Å². The molecule has 130 valence electrons. The van der Waals surface area contributed by atoms with Crippen molar-refractivity contribution >= 4 is 0 Å². The number of aliphatic hydroxyl groups is 1. The van der Waals surface area contributed by atoms with E-state index in [0.717, 1.165) is 37.7 Å². The third kappa shape index (κ3) is 5.01. The number of rotatable bonds is 8. The minimum absolute atomic E-state index is 0.162. The van der Waals surface area contributed by atoms with E-state index in [9.17, 15) is 5.11 Å². The molecule has 5 nitrogen and oxygen atoms in total. The summed E-state index contributed by atoms with van der Waals surface area (Å²) in [6.45, 7) is 3.18. The highest BCUT2D eigenvalue weighted by Crippen LogP contribution is 2.39. The van der Waals surface area contributed by atoms with Crippen molar-refractivity contribution in [1.82, 2.24) is 0 Å². The fourth-order valence-corrected chi connectivity index (χ4v) is 2.79. The predicted molar refractivity (Wildman–Crippen MR) is 88.4 cm³/mol. The van der Waals surface area contributed by atoms with Crippen molar-refractivity contribution in [3.63, 3.8) is 0 Å². The fraction of sp³-hybridized carbons (Fsp3) is 0.667. The van der Waals surface area contributed by atoms with E-state index >= 15 is 0 Å². The Kier molecular flexibility index (Phi) is 6.99. The molecule has 0 heterocycles. The van der Waals surface area contributed by atoms with E-state index in [1.807, 2.05) is 12.1 Å². The highest BCUT2D eigenvalue weighted by molar-refractivity contribution is 5.53. The van der Waals surface area contributed by atoms with Crippen molar-refractivity contribution in [3.8, 4) is 17.2 Å². The number of hydrogen-bond donors (Lipinski definition) is 1. The Balaban J connectivity index is 2.03. The van der Waals surface area contributed by atoms with Crippen molar-refractivity contribution < 1.29 is 24.1 Å². The van der Waals surface area contributed by atoms with Gasteiger partial charge in [0.1, 0.15) is 0 Å². The first-order valence-corrected chi connectivity index (χ1v) is 8.35. The van der Waals surface area contributed by atoms with Gasteiger partial charge in [0, 0.05) is 0 Å². The quantitative estimate of drug-likeness (QED) is 0.795. The number of ether oxygens (including phenoxy) is 4. The third-order valence-electron chi connectivity index (χ3n) is 4.10. The van der Waals surface area contributed by atoms with Crippen molar-refractivity contribution in [2.24, 2.45) is 0 Å². The lowest BCUT2D eigenvalue weighted by Gasteiger charge is -2.25. The van der Waals surface area contributed by atoms with Gasteiger partial charge in [0.2, 0.25) is 5.75 Å². The van der Waals surface area contributed by atoms with Crippen LogP contribution in [-0.2, 0) is 11.3 Å². The normalized spacial score (nSPS) is 21.0. The Hall–Kier alpha value is -1.46. The Morgan fingerprint density at radius 1 is 1.04 bits per heavy atom. The SMILES string of the molecule is CCCOc1c(OC)cc(COC2CCC(O)CC2)cc1OC. The lowest BCUT2D eigenvalue weighted by atomic mass is 9.95. The van der Waals surface area contributed by atoms with Gasteiger partial charge in [-0.05, 0) is 49.8 Å². The molecule has 2 rings (SSSR count). The molecule has 1 aliphatic carbocycles. The van der Waals surface area contributed by atoms with E-state index in [-0.39, 0.29) is 12.2 Å². The fourth-order valence-electron chi connectivity index (χ4n) is 2.79. The van der Waals surface area contributed by atoms with E-state index in [1.165, 1.54) is 0 Å². The van der Waals surface area contributed by atoms with Crippen molar-refractivity contribution in [2.75, 3.05) is 20.8 Å². The van der Waals surface area contributed by atoms with Crippen LogP contribution in [-0.4, -0.2) is 38.1 Å². The van der Waals surface area contributed by atoms with E-state index in [0.29, 0.717) is 30.5 Å². The summed E-state index contributed by atoms with van der Waals surface area (Å²) in [7, 11) is 3.25. The Morgan fingerprint density at radius 2 is 1.65 bits per heavy atom. The van der Waals surface area contributed by atoms with Gasteiger partial charge < -0.3 is 24.1 Å². The summed E-state index contributed by atoms with van der Waals surface area (Å²) in [5.41, 5.74) is 0.994. The molecular formula is C18H28O5. The third-order valence-corrected chi connectivity index (χ3v) is 4.10. The lowest BCUT2D eigenvalue weighted by Crippen LogP contribution is -2.24. The van der Waals surface area contributed by atoms with Crippen LogP contribution in [0.25, 0.3) is 0 Å². The molecule has 5 heteroatoms. The van der Waals surface area contributed by atoms with Crippen LogP contribution in [0.15, 0.2) is 12.1 Å². The first-order chi connectivity index (χ1) is 11.2. The summed E-state index contributed by atoms with van der Waals surface area (Å²) in [4.78, 5) is 0. The van der Waals surface area contributed by atoms with Gasteiger partial charge in [0.25, 0.3) is 0 Å². The molecule has 0 radical (unpaired) electrons. The molecule has 0 bridgehead atoms. The molecule has 0 spiro atoms. The molecule has 1 fully saturated rings. The van der Waals surface area contributed by atoms with Gasteiger partial charge in [-0.3, -0.25) is 0 Å². The van der Waals surface area contributed by atoms with E-state index in [2.05, 4.69) is 6.92 Å². The lowest BCUT2D eigenvalue weighted by molar-refractivity contribution is -0.0119. The summed E-state index contributed by atoms with van der Waals surface area (Å²) in [6.07, 6.45) is 4.43. The molecule has 1 N–H and O–H groups in total. The smallest absolute Gasteiger partial charge is 0.203 e. The van der Waals surface area contributed by atoms with Gasteiger partial charge in [-0.15, -0.1) is 0 Å². The summed E-state index contributed by atoms with van der Waals surface area (Å²) in [6, 6.07) is 3.87. The minimum Gasteiger partial charge on any atom is -0.493 e. The van der Waals surface area contributed by atoms with Crippen LogP contribution >= 0.6 is 0 Å². The molecule has 1 saturated carbocycles. The maximum atomic E-state index is 9.55. The average Bonchev–Trinajstić information content (AvgIpc) is 2.59. The van der Waals surface area contributed by atoms with Crippen molar-refractivity contribution in [1.29, 1.82) is 0 Å².